The summed E-state index contributed by atoms with van der Waals surface area (Å²) in [5, 5.41) is 3.70. The van der Waals surface area contributed by atoms with E-state index in [9.17, 15) is 9.59 Å². The number of imidazole rings is 1. The van der Waals surface area contributed by atoms with E-state index in [1.807, 2.05) is 35.2 Å². The van der Waals surface area contributed by atoms with E-state index in [0.29, 0.717) is 16.8 Å². The molecule has 0 atom stereocenters. The van der Waals surface area contributed by atoms with E-state index in [1.54, 1.807) is 50.6 Å². The Morgan fingerprint density at radius 2 is 1.81 bits per heavy atom. The fourth-order valence-electron chi connectivity index (χ4n) is 2.63. The van der Waals surface area contributed by atoms with Gasteiger partial charge >= 0.3 is 0 Å². The molecule has 27 heavy (non-hydrogen) atoms. The molecule has 1 N–H and O–H groups in total. The van der Waals surface area contributed by atoms with Crippen LogP contribution >= 0.6 is 11.8 Å². The van der Waals surface area contributed by atoms with Gasteiger partial charge in [0, 0.05) is 49.0 Å². The van der Waals surface area contributed by atoms with Crippen molar-refractivity contribution in [3.8, 4) is 5.69 Å². The minimum Gasteiger partial charge on any atom is -0.345 e. The maximum Gasteiger partial charge on any atom is 0.255 e. The van der Waals surface area contributed by atoms with E-state index in [2.05, 4.69) is 10.3 Å². The topological polar surface area (TPSA) is 67.2 Å². The van der Waals surface area contributed by atoms with Crippen molar-refractivity contribution in [3.05, 3.63) is 72.1 Å². The van der Waals surface area contributed by atoms with Gasteiger partial charge in [0.1, 0.15) is 0 Å². The summed E-state index contributed by atoms with van der Waals surface area (Å²) in [7, 11) is 3.38. The van der Waals surface area contributed by atoms with E-state index >= 15 is 0 Å². The summed E-state index contributed by atoms with van der Waals surface area (Å²) in [6, 6.07) is 14.2. The van der Waals surface area contributed by atoms with E-state index in [1.165, 1.54) is 16.7 Å². The molecule has 0 saturated carbocycles. The van der Waals surface area contributed by atoms with Crippen molar-refractivity contribution in [2.45, 2.75) is 5.16 Å². The predicted molar refractivity (Wildman–Crippen MR) is 108 cm³/mol. The molecule has 0 saturated heterocycles. The van der Waals surface area contributed by atoms with Gasteiger partial charge in [-0.2, -0.15) is 0 Å². The van der Waals surface area contributed by atoms with Crippen LogP contribution in [0.4, 0.5) is 5.69 Å². The monoisotopic (exact) mass is 380 g/mol. The molecule has 0 aliphatic carbocycles. The van der Waals surface area contributed by atoms with Crippen LogP contribution in [0, 0.1) is 0 Å². The van der Waals surface area contributed by atoms with E-state index in [4.69, 9.17) is 0 Å². The second-order valence-electron chi connectivity index (χ2n) is 6.07. The fourth-order valence-corrected chi connectivity index (χ4v) is 3.15. The Morgan fingerprint density at radius 1 is 1.07 bits per heavy atom. The summed E-state index contributed by atoms with van der Waals surface area (Å²) in [6.07, 6.45) is 5.54. The fraction of sp³-hybridized carbons (Fsp3) is 0.150. The number of hydrogen-bond donors (Lipinski definition) is 1. The smallest absolute Gasteiger partial charge is 0.255 e. The molecule has 0 aliphatic heterocycles. The number of rotatable bonds is 5. The largest absolute Gasteiger partial charge is 0.345 e. The molecule has 1 aromatic heterocycles. The van der Waals surface area contributed by atoms with Crippen molar-refractivity contribution in [2.75, 3.05) is 25.7 Å². The third kappa shape index (κ3) is 4.20. The van der Waals surface area contributed by atoms with Crippen LogP contribution in [-0.4, -0.2) is 46.6 Å². The van der Waals surface area contributed by atoms with Gasteiger partial charge in [-0.15, -0.1) is 0 Å². The second-order valence-corrected chi connectivity index (χ2v) is 6.84. The highest BCUT2D eigenvalue weighted by atomic mass is 32.2. The Bertz CT molecular complexity index is 981. The molecular formula is C20H20N4O2S. The molecule has 3 aromatic rings. The number of nitrogens with one attached hydrogen (secondary N) is 1. The van der Waals surface area contributed by atoms with Crippen molar-refractivity contribution in [2.24, 2.45) is 0 Å². The molecule has 0 radical (unpaired) electrons. The molecule has 3 rings (SSSR count). The molecule has 138 valence electrons. The van der Waals surface area contributed by atoms with Crippen LogP contribution in [-0.2, 0) is 0 Å². The quantitative estimate of drug-likeness (QED) is 0.688. The lowest BCUT2D eigenvalue weighted by Gasteiger charge is -2.12. The first-order valence-electron chi connectivity index (χ1n) is 8.30. The van der Waals surface area contributed by atoms with Crippen LogP contribution in [0.15, 0.2) is 66.1 Å². The molecule has 7 heteroatoms. The van der Waals surface area contributed by atoms with Gasteiger partial charge in [0.05, 0.1) is 0 Å². The van der Waals surface area contributed by atoms with Crippen molar-refractivity contribution in [1.82, 2.24) is 14.5 Å². The summed E-state index contributed by atoms with van der Waals surface area (Å²) >= 11 is 1.54. The van der Waals surface area contributed by atoms with Gasteiger partial charge in [0.2, 0.25) is 0 Å². The zero-order valence-electron chi connectivity index (χ0n) is 15.3. The van der Waals surface area contributed by atoms with E-state index in [-0.39, 0.29) is 11.8 Å². The first-order valence-corrected chi connectivity index (χ1v) is 9.53. The van der Waals surface area contributed by atoms with Crippen LogP contribution in [0.5, 0.6) is 0 Å². The maximum atomic E-state index is 12.7. The average molecular weight is 380 g/mol. The van der Waals surface area contributed by atoms with Gasteiger partial charge in [-0.25, -0.2) is 4.98 Å². The number of hydrogen-bond acceptors (Lipinski definition) is 4. The summed E-state index contributed by atoms with van der Waals surface area (Å²) < 4.78 is 1.93. The Morgan fingerprint density at radius 3 is 2.56 bits per heavy atom. The maximum absolute atomic E-state index is 12.7. The predicted octanol–water partition coefficient (Wildman–Crippen LogP) is 3.55. The summed E-state index contributed by atoms with van der Waals surface area (Å²) in [5.41, 5.74) is 2.48. The molecular weight excluding hydrogens is 360 g/mol. The van der Waals surface area contributed by atoms with Crippen LogP contribution in [0.25, 0.3) is 5.69 Å². The zero-order valence-corrected chi connectivity index (χ0v) is 16.2. The normalized spacial score (nSPS) is 10.5. The average Bonchev–Trinajstić information content (AvgIpc) is 3.16. The summed E-state index contributed by atoms with van der Waals surface area (Å²) in [6.45, 7) is 0. The molecule has 0 bridgehead atoms. The van der Waals surface area contributed by atoms with Crippen LogP contribution in [0.1, 0.15) is 20.7 Å². The van der Waals surface area contributed by atoms with Gasteiger partial charge in [-0.1, -0.05) is 23.9 Å². The van der Waals surface area contributed by atoms with Gasteiger partial charge in [-0.05, 0) is 42.7 Å². The molecule has 0 spiro atoms. The number of benzene rings is 2. The minimum atomic E-state index is -0.239. The molecule has 2 aromatic carbocycles. The van der Waals surface area contributed by atoms with Gasteiger partial charge in [0.25, 0.3) is 11.8 Å². The number of carbonyl (C=O) groups excluding carboxylic acids is 2. The van der Waals surface area contributed by atoms with Gasteiger partial charge in [0.15, 0.2) is 5.16 Å². The van der Waals surface area contributed by atoms with Crippen LogP contribution in [0.2, 0.25) is 0 Å². The van der Waals surface area contributed by atoms with Crippen molar-refractivity contribution in [3.63, 3.8) is 0 Å². The van der Waals surface area contributed by atoms with Crippen LogP contribution in [0.3, 0.4) is 0 Å². The SMILES string of the molecule is CSc1nccn1-c1cccc(C(=O)Nc2cccc(C(=O)N(C)C)c2)c1. The zero-order chi connectivity index (χ0) is 19.4. The lowest BCUT2D eigenvalue weighted by molar-refractivity contribution is 0.0827. The van der Waals surface area contributed by atoms with Crippen LogP contribution < -0.4 is 5.32 Å². The third-order valence-electron chi connectivity index (χ3n) is 3.95. The Hall–Kier alpha value is -3.06. The lowest BCUT2D eigenvalue weighted by Crippen LogP contribution is -2.22. The van der Waals surface area contributed by atoms with E-state index < -0.39 is 0 Å². The number of aromatic nitrogens is 2. The van der Waals surface area contributed by atoms with Gasteiger partial charge in [-0.3, -0.25) is 14.2 Å². The lowest BCUT2D eigenvalue weighted by atomic mass is 10.1. The molecule has 6 nitrogen and oxygen atoms in total. The van der Waals surface area contributed by atoms with E-state index in [0.717, 1.165) is 10.8 Å². The third-order valence-corrected chi connectivity index (χ3v) is 4.62. The van der Waals surface area contributed by atoms with Crippen molar-refractivity contribution in [1.29, 1.82) is 0 Å². The Balaban J connectivity index is 1.82. The minimum absolute atomic E-state index is 0.113. The molecule has 2 amide bonds. The first-order chi connectivity index (χ1) is 13.0. The number of thioether (sulfide) groups is 1. The number of carbonyl (C=O) groups is 2. The summed E-state index contributed by atoms with van der Waals surface area (Å²) in [4.78, 5) is 30.5. The molecule has 1 heterocycles. The summed E-state index contributed by atoms with van der Waals surface area (Å²) in [5.74, 6) is -0.352. The second kappa shape index (κ2) is 8.09. The molecule has 0 fully saturated rings. The highest BCUT2D eigenvalue weighted by molar-refractivity contribution is 7.98. The number of anilines is 1. The number of nitrogens with zero attached hydrogens (tertiary/aromatic N) is 3. The highest BCUT2D eigenvalue weighted by Crippen LogP contribution is 2.20. The first kappa shape index (κ1) is 18.7. The molecule has 0 aliphatic rings. The van der Waals surface area contributed by atoms with Gasteiger partial charge < -0.3 is 10.2 Å². The Labute approximate surface area is 162 Å². The molecule has 0 unspecified atom stereocenters. The Kier molecular flexibility index (Phi) is 5.61. The highest BCUT2D eigenvalue weighted by Gasteiger charge is 2.12. The van der Waals surface area contributed by atoms with Crippen molar-refractivity contribution < 1.29 is 9.59 Å². The number of amides is 2. The standard InChI is InChI=1S/C20H20N4O2S/c1-23(2)19(26)15-7-4-8-16(12-15)22-18(25)14-6-5-9-17(13-14)24-11-10-21-20(24)27-3/h4-13H,1-3H3,(H,22,25). The van der Waals surface area contributed by atoms with Crippen molar-refractivity contribution >= 4 is 29.3 Å².